The van der Waals surface area contributed by atoms with Gasteiger partial charge >= 0.3 is 5.97 Å². The van der Waals surface area contributed by atoms with Crippen LogP contribution < -0.4 is 5.32 Å². The second kappa shape index (κ2) is 7.34. The number of amides is 1. The van der Waals surface area contributed by atoms with Gasteiger partial charge in [0.1, 0.15) is 5.69 Å². The van der Waals surface area contributed by atoms with Crippen LogP contribution >= 0.6 is 0 Å². The summed E-state index contributed by atoms with van der Waals surface area (Å²) in [4.78, 5) is 38.0. The van der Waals surface area contributed by atoms with E-state index in [-0.39, 0.29) is 30.0 Å². The first-order valence-corrected chi connectivity index (χ1v) is 8.28. The normalized spacial score (nSPS) is 16.0. The zero-order valence-electron chi connectivity index (χ0n) is 14.0. The molecule has 1 aromatic heterocycles. The predicted molar refractivity (Wildman–Crippen MR) is 91.3 cm³/mol. The Hall–Kier alpha value is -2.89. The molecular formula is C19H20N2O4. The Morgan fingerprint density at radius 1 is 1.28 bits per heavy atom. The lowest BCUT2D eigenvalue weighted by Gasteiger charge is -2.26. The largest absolute Gasteiger partial charge is 0.451 e. The Balaban J connectivity index is 1.55. The number of ketones is 1. The number of rotatable bonds is 5. The molecule has 3 rings (SSSR count). The number of aromatic nitrogens is 1. The van der Waals surface area contributed by atoms with Crippen LogP contribution in [0.1, 0.15) is 57.8 Å². The van der Waals surface area contributed by atoms with Crippen molar-refractivity contribution in [2.75, 3.05) is 6.61 Å². The quantitative estimate of drug-likeness (QED) is 0.647. The molecule has 0 saturated carbocycles. The van der Waals surface area contributed by atoms with Gasteiger partial charge in [-0.1, -0.05) is 24.3 Å². The number of H-pyrrole nitrogens is 1. The number of Topliss-reactive ketones (excluding diaryl/α,β-unsaturated/α-hetero) is 1. The van der Waals surface area contributed by atoms with E-state index in [4.69, 9.17) is 4.74 Å². The maximum absolute atomic E-state index is 12.1. The Bertz CT molecular complexity index is 809. The summed E-state index contributed by atoms with van der Waals surface area (Å²) in [6, 6.07) is 9.42. The number of carbonyl (C=O) groups excluding carboxylic acids is 3. The molecule has 0 radical (unpaired) electrons. The number of nitrogens with one attached hydrogen (secondary N) is 2. The maximum atomic E-state index is 12.1. The van der Waals surface area contributed by atoms with Crippen molar-refractivity contribution in [1.82, 2.24) is 10.3 Å². The summed E-state index contributed by atoms with van der Waals surface area (Å²) < 4.78 is 5.02. The summed E-state index contributed by atoms with van der Waals surface area (Å²) in [6.45, 7) is 1.06. The predicted octanol–water partition coefficient (Wildman–Crippen LogP) is 2.57. The topological polar surface area (TPSA) is 88.3 Å². The van der Waals surface area contributed by atoms with Gasteiger partial charge in [-0.05, 0) is 43.4 Å². The summed E-state index contributed by atoms with van der Waals surface area (Å²) in [5, 5.41) is 2.92. The molecule has 2 aromatic rings. The highest BCUT2D eigenvalue weighted by atomic mass is 16.5. The smallest absolute Gasteiger partial charge is 0.355 e. The second-order valence-electron chi connectivity index (χ2n) is 6.15. The number of aromatic amines is 1. The first-order chi connectivity index (χ1) is 12.0. The minimum atomic E-state index is -0.660. The fraction of sp³-hybridized carbons (Fsp3) is 0.316. The third-order valence-electron chi connectivity index (χ3n) is 4.35. The van der Waals surface area contributed by atoms with Gasteiger partial charge in [0, 0.05) is 11.8 Å². The molecule has 130 valence electrons. The monoisotopic (exact) mass is 340 g/mol. The molecule has 0 spiro atoms. The van der Waals surface area contributed by atoms with Gasteiger partial charge in [-0.25, -0.2) is 4.79 Å². The molecule has 1 aromatic carbocycles. The molecule has 1 amide bonds. The highest BCUT2D eigenvalue weighted by Gasteiger charge is 2.22. The van der Waals surface area contributed by atoms with Crippen LogP contribution in [0.25, 0.3) is 0 Å². The van der Waals surface area contributed by atoms with E-state index < -0.39 is 5.97 Å². The minimum absolute atomic E-state index is 0.0500. The standard InChI is InChI=1S/C19H20N2O4/c1-12(22)14-9-17(20-10-14)19(24)25-11-18(23)21-16-8-4-6-13-5-2-3-7-15(13)16/h2-3,5,7,9-10,16,20H,4,6,8,11H2,1H3,(H,21,23). The highest BCUT2D eigenvalue weighted by molar-refractivity contribution is 5.97. The number of carbonyl (C=O) groups is 3. The van der Waals surface area contributed by atoms with Crippen LogP contribution in [-0.2, 0) is 16.0 Å². The summed E-state index contributed by atoms with van der Waals surface area (Å²) in [5.41, 5.74) is 2.93. The van der Waals surface area contributed by atoms with Gasteiger partial charge in [0.25, 0.3) is 5.91 Å². The van der Waals surface area contributed by atoms with E-state index in [9.17, 15) is 14.4 Å². The first kappa shape index (κ1) is 17.0. The second-order valence-corrected chi connectivity index (χ2v) is 6.15. The molecule has 6 nitrogen and oxygen atoms in total. The number of ether oxygens (including phenoxy) is 1. The number of hydrogen-bond acceptors (Lipinski definition) is 4. The lowest BCUT2D eigenvalue weighted by Crippen LogP contribution is -2.34. The minimum Gasteiger partial charge on any atom is -0.451 e. The summed E-state index contributed by atoms with van der Waals surface area (Å²) in [6.07, 6.45) is 4.34. The fourth-order valence-corrected chi connectivity index (χ4v) is 3.06. The van der Waals surface area contributed by atoms with Crippen molar-refractivity contribution in [3.63, 3.8) is 0 Å². The average Bonchev–Trinajstić information content (AvgIpc) is 3.10. The Kier molecular flexibility index (Phi) is 4.97. The van der Waals surface area contributed by atoms with E-state index in [1.165, 1.54) is 24.8 Å². The van der Waals surface area contributed by atoms with Crippen molar-refractivity contribution >= 4 is 17.7 Å². The molecule has 1 atom stereocenters. The lowest BCUT2D eigenvalue weighted by molar-refractivity contribution is -0.125. The molecule has 0 bridgehead atoms. The van der Waals surface area contributed by atoms with Gasteiger partial charge in [0.05, 0.1) is 6.04 Å². The Morgan fingerprint density at radius 3 is 2.84 bits per heavy atom. The molecule has 0 fully saturated rings. The van der Waals surface area contributed by atoms with E-state index in [1.54, 1.807) is 0 Å². The van der Waals surface area contributed by atoms with Crippen molar-refractivity contribution in [2.24, 2.45) is 0 Å². The summed E-state index contributed by atoms with van der Waals surface area (Å²) in [5.74, 6) is -1.15. The van der Waals surface area contributed by atoms with Crippen LogP contribution in [-0.4, -0.2) is 29.3 Å². The number of benzene rings is 1. The highest BCUT2D eigenvalue weighted by Crippen LogP contribution is 2.29. The molecule has 25 heavy (non-hydrogen) atoms. The SMILES string of the molecule is CC(=O)c1c[nH]c(C(=O)OCC(=O)NC2CCCc3ccccc32)c1. The van der Waals surface area contributed by atoms with Gasteiger partial charge in [-0.15, -0.1) is 0 Å². The number of fused-ring (bicyclic) bond motifs is 1. The van der Waals surface area contributed by atoms with Crippen LogP contribution in [0.3, 0.4) is 0 Å². The molecule has 6 heteroatoms. The van der Waals surface area contributed by atoms with Crippen LogP contribution in [0.15, 0.2) is 36.5 Å². The van der Waals surface area contributed by atoms with Crippen molar-refractivity contribution in [3.05, 3.63) is 58.9 Å². The number of hydrogen-bond donors (Lipinski definition) is 2. The number of aryl methyl sites for hydroxylation is 1. The van der Waals surface area contributed by atoms with Gasteiger partial charge in [0.15, 0.2) is 12.4 Å². The third kappa shape index (κ3) is 3.96. The van der Waals surface area contributed by atoms with E-state index in [1.807, 2.05) is 18.2 Å². The zero-order valence-corrected chi connectivity index (χ0v) is 14.0. The molecule has 1 unspecified atom stereocenters. The van der Waals surface area contributed by atoms with Gasteiger partial charge in [-0.3, -0.25) is 9.59 Å². The van der Waals surface area contributed by atoms with Gasteiger partial charge in [-0.2, -0.15) is 0 Å². The average molecular weight is 340 g/mol. The summed E-state index contributed by atoms with van der Waals surface area (Å²) >= 11 is 0. The van der Waals surface area contributed by atoms with E-state index in [2.05, 4.69) is 16.4 Å². The molecule has 0 saturated heterocycles. The van der Waals surface area contributed by atoms with Crippen molar-refractivity contribution in [1.29, 1.82) is 0 Å². The Morgan fingerprint density at radius 2 is 2.08 bits per heavy atom. The zero-order chi connectivity index (χ0) is 17.8. The lowest BCUT2D eigenvalue weighted by atomic mass is 9.88. The van der Waals surface area contributed by atoms with Crippen molar-refractivity contribution < 1.29 is 19.1 Å². The van der Waals surface area contributed by atoms with E-state index >= 15 is 0 Å². The van der Waals surface area contributed by atoms with Crippen molar-refractivity contribution in [3.8, 4) is 0 Å². The molecule has 1 aliphatic rings. The van der Waals surface area contributed by atoms with E-state index in [0.717, 1.165) is 24.8 Å². The fourth-order valence-electron chi connectivity index (χ4n) is 3.06. The first-order valence-electron chi connectivity index (χ1n) is 8.28. The molecular weight excluding hydrogens is 320 g/mol. The molecule has 1 aliphatic carbocycles. The molecule has 2 N–H and O–H groups in total. The third-order valence-corrected chi connectivity index (χ3v) is 4.35. The van der Waals surface area contributed by atoms with Crippen LogP contribution in [0.5, 0.6) is 0 Å². The van der Waals surface area contributed by atoms with Crippen LogP contribution in [0.2, 0.25) is 0 Å². The summed E-state index contributed by atoms with van der Waals surface area (Å²) in [7, 11) is 0. The van der Waals surface area contributed by atoms with Crippen LogP contribution in [0, 0.1) is 0 Å². The maximum Gasteiger partial charge on any atom is 0.355 e. The van der Waals surface area contributed by atoms with Crippen LogP contribution in [0.4, 0.5) is 0 Å². The molecule has 1 heterocycles. The van der Waals surface area contributed by atoms with Gasteiger partial charge in [0.2, 0.25) is 0 Å². The van der Waals surface area contributed by atoms with Crippen molar-refractivity contribution in [2.45, 2.75) is 32.2 Å². The molecule has 0 aliphatic heterocycles. The number of esters is 1. The van der Waals surface area contributed by atoms with Gasteiger partial charge < -0.3 is 15.0 Å². The Labute approximate surface area is 145 Å². The van der Waals surface area contributed by atoms with E-state index in [0.29, 0.717) is 5.56 Å².